The van der Waals surface area contributed by atoms with Gasteiger partial charge in [-0.15, -0.1) is 0 Å². The van der Waals surface area contributed by atoms with Crippen molar-refractivity contribution >= 4 is 0 Å². The summed E-state index contributed by atoms with van der Waals surface area (Å²) in [6, 6.07) is 5.69. The van der Waals surface area contributed by atoms with Crippen molar-refractivity contribution in [3.63, 3.8) is 0 Å². The molecule has 5 heteroatoms. The summed E-state index contributed by atoms with van der Waals surface area (Å²) < 4.78 is 22.0. The summed E-state index contributed by atoms with van der Waals surface area (Å²) in [5.74, 6) is 1.50. The van der Waals surface area contributed by atoms with E-state index in [9.17, 15) is 0 Å². The van der Waals surface area contributed by atoms with Crippen LogP contribution in [0.2, 0.25) is 0 Å². The van der Waals surface area contributed by atoms with Gasteiger partial charge in [-0.1, -0.05) is 6.92 Å². The monoisotopic (exact) mass is 251 g/mol. The summed E-state index contributed by atoms with van der Waals surface area (Å²) in [4.78, 5) is 0. The van der Waals surface area contributed by atoms with Crippen molar-refractivity contribution in [2.45, 2.75) is 25.2 Å². The van der Waals surface area contributed by atoms with Crippen molar-refractivity contribution in [3.05, 3.63) is 23.8 Å². The van der Waals surface area contributed by atoms with Crippen molar-refractivity contribution < 1.29 is 18.9 Å². The van der Waals surface area contributed by atoms with Gasteiger partial charge < -0.3 is 24.7 Å². The predicted octanol–water partition coefficient (Wildman–Crippen LogP) is 1.57. The molecule has 18 heavy (non-hydrogen) atoms. The van der Waals surface area contributed by atoms with E-state index in [1.807, 2.05) is 25.1 Å². The number of nitrogens with two attached hydrogens (primary N) is 1. The molecule has 5 nitrogen and oxygen atoms in total. The van der Waals surface area contributed by atoms with Crippen LogP contribution in [0.1, 0.15) is 25.2 Å². The van der Waals surface area contributed by atoms with Crippen molar-refractivity contribution in [2.75, 3.05) is 20.0 Å². The molecule has 2 heterocycles. The highest BCUT2D eigenvalue weighted by molar-refractivity contribution is 5.44. The zero-order valence-electron chi connectivity index (χ0n) is 10.3. The van der Waals surface area contributed by atoms with E-state index in [-0.39, 0.29) is 18.6 Å². The highest BCUT2D eigenvalue weighted by Crippen LogP contribution is 2.36. The average Bonchev–Trinajstić information content (AvgIpc) is 2.87. The Kier molecular flexibility index (Phi) is 2.89. The topological polar surface area (TPSA) is 62.9 Å². The van der Waals surface area contributed by atoms with E-state index in [1.165, 1.54) is 0 Å². The molecule has 2 N–H and O–H groups in total. The maximum atomic E-state index is 6.09. The molecular formula is C13H17NO4. The molecule has 98 valence electrons. The number of rotatable bonds is 2. The van der Waals surface area contributed by atoms with Crippen LogP contribution in [0.3, 0.4) is 0 Å². The van der Waals surface area contributed by atoms with Gasteiger partial charge >= 0.3 is 0 Å². The van der Waals surface area contributed by atoms with Crippen LogP contribution >= 0.6 is 0 Å². The molecule has 2 aliphatic heterocycles. The Labute approximate surface area is 106 Å². The van der Waals surface area contributed by atoms with Gasteiger partial charge in [-0.05, 0) is 24.6 Å². The van der Waals surface area contributed by atoms with Gasteiger partial charge in [0.2, 0.25) is 6.79 Å². The Morgan fingerprint density at radius 3 is 2.67 bits per heavy atom. The van der Waals surface area contributed by atoms with Crippen LogP contribution < -0.4 is 15.2 Å². The largest absolute Gasteiger partial charge is 0.454 e. The molecule has 1 fully saturated rings. The van der Waals surface area contributed by atoms with Crippen molar-refractivity contribution in [3.8, 4) is 11.5 Å². The van der Waals surface area contributed by atoms with Crippen LogP contribution in [0.15, 0.2) is 18.2 Å². The van der Waals surface area contributed by atoms with Crippen LogP contribution in [-0.4, -0.2) is 25.5 Å². The van der Waals surface area contributed by atoms with Gasteiger partial charge in [0.25, 0.3) is 0 Å². The lowest BCUT2D eigenvalue weighted by Gasteiger charge is -2.36. The third-order valence-electron chi connectivity index (χ3n) is 3.42. The number of hydrogen-bond acceptors (Lipinski definition) is 5. The Balaban J connectivity index is 1.73. The number of ether oxygens (including phenoxy) is 4. The first kappa shape index (κ1) is 11.8. The van der Waals surface area contributed by atoms with E-state index in [4.69, 9.17) is 24.7 Å². The van der Waals surface area contributed by atoms with Gasteiger partial charge in [0, 0.05) is 5.56 Å². The van der Waals surface area contributed by atoms with Gasteiger partial charge in [0.1, 0.15) is 0 Å². The lowest BCUT2D eigenvalue weighted by molar-refractivity contribution is -0.211. The minimum Gasteiger partial charge on any atom is -0.454 e. The van der Waals surface area contributed by atoms with Crippen molar-refractivity contribution in [2.24, 2.45) is 5.73 Å². The SMILES string of the molecule is CCC1(N)COC(c2ccc3c(c2)OCO3)OC1. The molecule has 1 saturated heterocycles. The fraction of sp³-hybridized carbons (Fsp3) is 0.538. The normalized spacial score (nSPS) is 30.4. The zero-order chi connectivity index (χ0) is 12.6. The van der Waals surface area contributed by atoms with E-state index >= 15 is 0 Å². The number of fused-ring (bicyclic) bond motifs is 1. The first-order valence-electron chi connectivity index (χ1n) is 6.12. The average molecular weight is 251 g/mol. The maximum absolute atomic E-state index is 6.09. The molecule has 0 spiro atoms. The van der Waals surface area contributed by atoms with E-state index in [0.717, 1.165) is 23.5 Å². The van der Waals surface area contributed by atoms with Gasteiger partial charge in [0.05, 0.1) is 18.8 Å². The summed E-state index contributed by atoms with van der Waals surface area (Å²) in [6.07, 6.45) is 0.462. The fourth-order valence-electron chi connectivity index (χ4n) is 2.03. The standard InChI is InChI=1S/C13H17NO4/c1-2-13(14)6-15-12(16-7-13)9-3-4-10-11(5-9)18-8-17-10/h3-5,12H,2,6-8,14H2,1H3. The van der Waals surface area contributed by atoms with E-state index in [0.29, 0.717) is 13.2 Å². The molecular weight excluding hydrogens is 234 g/mol. The van der Waals surface area contributed by atoms with Gasteiger partial charge in [-0.2, -0.15) is 0 Å². The summed E-state index contributed by atoms with van der Waals surface area (Å²) in [5.41, 5.74) is 6.65. The van der Waals surface area contributed by atoms with Crippen LogP contribution in [0.4, 0.5) is 0 Å². The third kappa shape index (κ3) is 2.05. The first-order valence-corrected chi connectivity index (χ1v) is 6.12. The highest BCUT2D eigenvalue weighted by atomic mass is 16.7. The van der Waals surface area contributed by atoms with Crippen LogP contribution in [-0.2, 0) is 9.47 Å². The molecule has 1 aromatic rings. The maximum Gasteiger partial charge on any atom is 0.231 e. The second-order valence-electron chi connectivity index (χ2n) is 4.78. The van der Waals surface area contributed by atoms with Crippen molar-refractivity contribution in [1.82, 2.24) is 0 Å². The smallest absolute Gasteiger partial charge is 0.231 e. The van der Waals surface area contributed by atoms with Gasteiger partial charge in [-0.3, -0.25) is 0 Å². The minimum atomic E-state index is -0.372. The van der Waals surface area contributed by atoms with Crippen LogP contribution in [0.5, 0.6) is 11.5 Å². The quantitative estimate of drug-likeness (QED) is 0.864. The lowest BCUT2D eigenvalue weighted by Crippen LogP contribution is -2.52. The molecule has 0 amide bonds. The Morgan fingerprint density at radius 2 is 1.94 bits per heavy atom. The zero-order valence-corrected chi connectivity index (χ0v) is 10.3. The van der Waals surface area contributed by atoms with Crippen LogP contribution in [0, 0.1) is 0 Å². The number of hydrogen-bond donors (Lipinski definition) is 1. The van der Waals surface area contributed by atoms with E-state index in [1.54, 1.807) is 0 Å². The molecule has 2 aliphatic rings. The number of benzene rings is 1. The Hall–Kier alpha value is -1.30. The highest BCUT2D eigenvalue weighted by Gasteiger charge is 2.32. The van der Waals surface area contributed by atoms with Gasteiger partial charge in [0.15, 0.2) is 17.8 Å². The summed E-state index contributed by atoms with van der Waals surface area (Å²) in [6.45, 7) is 3.31. The third-order valence-corrected chi connectivity index (χ3v) is 3.42. The molecule has 0 unspecified atom stereocenters. The fourth-order valence-corrected chi connectivity index (χ4v) is 2.03. The summed E-state index contributed by atoms with van der Waals surface area (Å²) >= 11 is 0. The molecule has 0 radical (unpaired) electrons. The molecule has 1 aromatic carbocycles. The molecule has 0 atom stereocenters. The molecule has 0 aromatic heterocycles. The Bertz CT molecular complexity index is 441. The summed E-state index contributed by atoms with van der Waals surface area (Å²) in [7, 11) is 0. The Morgan fingerprint density at radius 1 is 1.22 bits per heavy atom. The van der Waals surface area contributed by atoms with Gasteiger partial charge in [-0.25, -0.2) is 0 Å². The van der Waals surface area contributed by atoms with Crippen molar-refractivity contribution in [1.29, 1.82) is 0 Å². The predicted molar refractivity (Wildman–Crippen MR) is 64.4 cm³/mol. The van der Waals surface area contributed by atoms with Crippen LogP contribution in [0.25, 0.3) is 0 Å². The van der Waals surface area contributed by atoms with E-state index in [2.05, 4.69) is 0 Å². The second kappa shape index (κ2) is 4.42. The molecule has 0 aliphatic carbocycles. The first-order chi connectivity index (χ1) is 8.70. The summed E-state index contributed by atoms with van der Waals surface area (Å²) in [5, 5.41) is 0. The molecule has 0 saturated carbocycles. The van der Waals surface area contributed by atoms with E-state index < -0.39 is 0 Å². The molecule has 0 bridgehead atoms. The lowest BCUT2D eigenvalue weighted by atomic mass is 9.99. The second-order valence-corrected chi connectivity index (χ2v) is 4.78. The molecule has 3 rings (SSSR count). The minimum absolute atomic E-state index is 0.271.